The van der Waals surface area contributed by atoms with E-state index >= 15 is 0 Å². The molecule has 0 aliphatic heterocycles. The number of amides is 1. The van der Waals surface area contributed by atoms with E-state index in [9.17, 15) is 4.79 Å². The minimum absolute atomic E-state index is 0.264. The Morgan fingerprint density at radius 1 is 1.20 bits per heavy atom. The predicted octanol–water partition coefficient (Wildman–Crippen LogP) is 5.16. The van der Waals surface area contributed by atoms with Crippen LogP contribution >= 0.6 is 27.5 Å². The minimum Gasteiger partial charge on any atom is -0.326 e. The zero-order valence-electron chi connectivity index (χ0n) is 17.3. The number of hydrogen-bond acceptors (Lipinski definition) is 3. The van der Waals surface area contributed by atoms with E-state index in [1.807, 2.05) is 62.8 Å². The van der Waals surface area contributed by atoms with E-state index in [0.717, 1.165) is 28.2 Å². The summed E-state index contributed by atoms with van der Waals surface area (Å²) >= 11 is 9.50. The van der Waals surface area contributed by atoms with Crippen LogP contribution < -0.4 is 10.6 Å². The first-order valence-corrected chi connectivity index (χ1v) is 10.6. The summed E-state index contributed by atoms with van der Waals surface area (Å²) in [6, 6.07) is 12.8. The number of aliphatic imine (C=N–C) groups is 1. The number of nitrogens with one attached hydrogen (secondary N) is 2. The first kappa shape index (κ1) is 22.1. The highest BCUT2D eigenvalue weighted by molar-refractivity contribution is 9.10. The van der Waals surface area contributed by atoms with Crippen molar-refractivity contribution in [2.75, 3.05) is 5.32 Å². The molecule has 8 heteroatoms. The number of aromatic nitrogens is 2. The van der Waals surface area contributed by atoms with Gasteiger partial charge < -0.3 is 5.32 Å². The number of nitrogens with zero attached hydrogens (tertiary/aromatic N) is 3. The van der Waals surface area contributed by atoms with Crippen LogP contribution in [0.2, 0.25) is 5.02 Å². The molecule has 0 saturated heterocycles. The Morgan fingerprint density at radius 2 is 1.93 bits per heavy atom. The number of rotatable bonds is 4. The summed E-state index contributed by atoms with van der Waals surface area (Å²) in [5.74, 6) is 0.0869. The molecule has 0 bridgehead atoms. The molecule has 0 unspecified atom stereocenters. The fourth-order valence-electron chi connectivity index (χ4n) is 3.03. The highest BCUT2D eigenvalue weighted by Crippen LogP contribution is 2.20. The number of halogens is 2. The zero-order chi connectivity index (χ0) is 21.8. The van der Waals surface area contributed by atoms with Crippen molar-refractivity contribution in [3.63, 3.8) is 0 Å². The van der Waals surface area contributed by atoms with Crippen molar-refractivity contribution in [3.8, 4) is 0 Å². The second-order valence-corrected chi connectivity index (χ2v) is 8.25. The molecule has 0 saturated carbocycles. The van der Waals surface area contributed by atoms with Gasteiger partial charge in [0.25, 0.3) is 5.91 Å². The molecule has 3 aromatic rings. The van der Waals surface area contributed by atoms with Crippen LogP contribution in [0.3, 0.4) is 0 Å². The molecule has 2 N–H and O–H groups in total. The van der Waals surface area contributed by atoms with E-state index in [0.29, 0.717) is 27.6 Å². The molecule has 30 heavy (non-hydrogen) atoms. The lowest BCUT2D eigenvalue weighted by Gasteiger charge is -2.14. The molecule has 0 aliphatic carbocycles. The summed E-state index contributed by atoms with van der Waals surface area (Å²) < 4.78 is 2.54. The van der Waals surface area contributed by atoms with Crippen molar-refractivity contribution in [2.24, 2.45) is 12.0 Å². The van der Waals surface area contributed by atoms with Gasteiger partial charge in [-0.2, -0.15) is 5.10 Å². The van der Waals surface area contributed by atoms with Crippen molar-refractivity contribution in [1.82, 2.24) is 15.1 Å². The second-order valence-electron chi connectivity index (χ2n) is 6.96. The van der Waals surface area contributed by atoms with Gasteiger partial charge >= 0.3 is 0 Å². The molecule has 1 heterocycles. The van der Waals surface area contributed by atoms with Gasteiger partial charge in [0.2, 0.25) is 5.96 Å². The third-order valence-electron chi connectivity index (χ3n) is 4.85. The van der Waals surface area contributed by atoms with Crippen molar-refractivity contribution in [3.05, 3.63) is 80.0 Å². The molecular weight excluding hydrogens is 466 g/mol. The van der Waals surface area contributed by atoms with Gasteiger partial charge in [0.1, 0.15) is 0 Å². The summed E-state index contributed by atoms with van der Waals surface area (Å²) in [4.78, 5) is 17.5. The number of carbonyl (C=O) groups is 1. The fourth-order valence-corrected chi connectivity index (χ4v) is 3.72. The highest BCUT2D eigenvalue weighted by atomic mass is 79.9. The topological polar surface area (TPSA) is 71.3 Å². The summed E-state index contributed by atoms with van der Waals surface area (Å²) in [7, 11) is 1.90. The first-order valence-electron chi connectivity index (χ1n) is 9.39. The molecule has 2 aromatic carbocycles. The number of carbonyl (C=O) groups excluding carboxylic acids is 1. The third-order valence-corrected chi connectivity index (χ3v) is 5.77. The number of hydrogen-bond donors (Lipinski definition) is 2. The van der Waals surface area contributed by atoms with Crippen molar-refractivity contribution in [1.29, 1.82) is 0 Å². The van der Waals surface area contributed by atoms with Crippen LogP contribution in [-0.2, 0) is 13.6 Å². The van der Waals surface area contributed by atoms with Crippen LogP contribution in [0.25, 0.3) is 0 Å². The Bertz CT molecular complexity index is 1120. The Labute approximate surface area is 189 Å². The van der Waals surface area contributed by atoms with Gasteiger partial charge in [-0.15, -0.1) is 0 Å². The van der Waals surface area contributed by atoms with E-state index in [1.54, 1.807) is 12.1 Å². The zero-order valence-corrected chi connectivity index (χ0v) is 19.6. The van der Waals surface area contributed by atoms with Gasteiger partial charge in [0.15, 0.2) is 0 Å². The Balaban J connectivity index is 1.91. The Morgan fingerprint density at radius 3 is 2.57 bits per heavy atom. The average molecular weight is 489 g/mol. The maximum atomic E-state index is 12.9. The van der Waals surface area contributed by atoms with Crippen LogP contribution in [-0.4, -0.2) is 21.6 Å². The van der Waals surface area contributed by atoms with E-state index in [4.69, 9.17) is 11.6 Å². The maximum absolute atomic E-state index is 12.9. The van der Waals surface area contributed by atoms with E-state index in [2.05, 4.69) is 36.7 Å². The van der Waals surface area contributed by atoms with Gasteiger partial charge in [-0.05, 0) is 72.6 Å². The molecule has 0 fully saturated rings. The molecular formula is C22H23BrClN5O. The summed E-state index contributed by atoms with van der Waals surface area (Å²) in [6.45, 7) is 6.28. The quantitative estimate of drug-likeness (QED) is 0.394. The van der Waals surface area contributed by atoms with Crippen molar-refractivity contribution in [2.45, 2.75) is 27.3 Å². The smallest absolute Gasteiger partial charge is 0.259 e. The summed E-state index contributed by atoms with van der Waals surface area (Å²) in [6.07, 6.45) is 0. The van der Waals surface area contributed by atoms with Gasteiger partial charge in [-0.25, -0.2) is 4.99 Å². The summed E-state index contributed by atoms with van der Waals surface area (Å²) in [5, 5.41) is 11.2. The Kier molecular flexibility index (Phi) is 6.95. The predicted molar refractivity (Wildman–Crippen MR) is 125 cm³/mol. The molecule has 1 aromatic heterocycles. The average Bonchev–Trinajstić information content (AvgIpc) is 2.93. The van der Waals surface area contributed by atoms with Crippen molar-refractivity contribution < 1.29 is 4.79 Å². The van der Waals surface area contributed by atoms with Gasteiger partial charge in [0, 0.05) is 33.5 Å². The lowest BCUT2D eigenvalue weighted by atomic mass is 10.2. The third kappa shape index (κ3) is 5.09. The van der Waals surface area contributed by atoms with Crippen LogP contribution in [0.1, 0.15) is 32.9 Å². The standard InChI is InChI=1S/C22H23BrClN5O/c1-13-11-16(24)9-10-20(13)26-22(25-12-18-14(2)28-29(4)15(18)3)27-21(30)17-7-5-6-8-19(17)23/h5-11H,12H2,1-4H3,(H2,25,26,27,30). The van der Waals surface area contributed by atoms with Gasteiger partial charge in [-0.3, -0.25) is 14.8 Å². The lowest BCUT2D eigenvalue weighted by molar-refractivity contribution is 0.0976. The molecule has 1 amide bonds. The largest absolute Gasteiger partial charge is 0.326 e. The normalized spacial score (nSPS) is 11.5. The number of anilines is 1. The molecule has 0 aliphatic rings. The number of benzene rings is 2. The second kappa shape index (κ2) is 9.45. The molecule has 0 radical (unpaired) electrons. The van der Waals surface area contributed by atoms with E-state index in [1.165, 1.54) is 0 Å². The lowest BCUT2D eigenvalue weighted by Crippen LogP contribution is -2.36. The maximum Gasteiger partial charge on any atom is 0.259 e. The van der Waals surface area contributed by atoms with Crippen LogP contribution in [0.5, 0.6) is 0 Å². The van der Waals surface area contributed by atoms with Crippen LogP contribution in [0, 0.1) is 20.8 Å². The van der Waals surface area contributed by atoms with Crippen LogP contribution in [0.4, 0.5) is 5.69 Å². The molecule has 6 nitrogen and oxygen atoms in total. The van der Waals surface area contributed by atoms with E-state index in [-0.39, 0.29) is 5.91 Å². The Hall–Kier alpha value is -2.64. The molecule has 3 rings (SSSR count). The van der Waals surface area contributed by atoms with Crippen molar-refractivity contribution >= 4 is 45.1 Å². The first-order chi connectivity index (χ1) is 14.3. The van der Waals surface area contributed by atoms with Crippen LogP contribution in [0.15, 0.2) is 51.9 Å². The molecule has 156 valence electrons. The van der Waals surface area contributed by atoms with Gasteiger partial charge in [0.05, 0.1) is 17.8 Å². The number of aryl methyl sites for hydroxylation is 3. The highest BCUT2D eigenvalue weighted by Gasteiger charge is 2.14. The monoisotopic (exact) mass is 487 g/mol. The molecule has 0 atom stereocenters. The number of guanidine groups is 1. The molecule has 0 spiro atoms. The SMILES string of the molecule is Cc1cc(Cl)ccc1NC(=NCc1c(C)nn(C)c1C)NC(=O)c1ccccc1Br. The minimum atomic E-state index is -0.264. The summed E-state index contributed by atoms with van der Waals surface area (Å²) in [5.41, 5.74) is 5.26. The fraction of sp³-hybridized carbons (Fsp3) is 0.227. The van der Waals surface area contributed by atoms with E-state index < -0.39 is 0 Å². The van der Waals surface area contributed by atoms with Gasteiger partial charge in [-0.1, -0.05) is 23.7 Å².